The number of aliphatic hydroxyl groups excluding tert-OH is 6. The first kappa shape index (κ1) is 50.1. The summed E-state index contributed by atoms with van der Waals surface area (Å²) in [5, 5.41) is 71.5. The molecule has 8 fully saturated rings. The third-order valence-corrected chi connectivity index (χ3v) is 22.7. The van der Waals surface area contributed by atoms with Crippen LogP contribution in [0.3, 0.4) is 0 Å². The van der Waals surface area contributed by atoms with Gasteiger partial charge in [0.1, 0.15) is 0 Å². The minimum Gasteiger partial charge on any atom is -0.393 e. The molecular formula is C55H94N2O8. The van der Waals surface area contributed by atoms with Crippen LogP contribution >= 0.6 is 0 Å². The number of carbonyl (C=O) groups is 2. The number of amides is 2. The van der Waals surface area contributed by atoms with Gasteiger partial charge in [0.25, 0.3) is 0 Å². The lowest BCUT2D eigenvalue weighted by Crippen LogP contribution is -2.62. The van der Waals surface area contributed by atoms with Gasteiger partial charge in [-0.25, -0.2) is 0 Å². The molecule has 7 N–H and O–H groups in total. The maximum Gasteiger partial charge on any atom is 0.222 e. The highest BCUT2D eigenvalue weighted by Gasteiger charge is 2.67. The van der Waals surface area contributed by atoms with E-state index < -0.39 is 12.2 Å². The zero-order valence-corrected chi connectivity index (χ0v) is 41.8. The van der Waals surface area contributed by atoms with Gasteiger partial charge in [-0.05, 0) is 208 Å². The van der Waals surface area contributed by atoms with Crippen LogP contribution in [0.15, 0.2) is 0 Å². The van der Waals surface area contributed by atoms with Crippen LogP contribution in [0.1, 0.15) is 183 Å². The van der Waals surface area contributed by atoms with Crippen molar-refractivity contribution >= 4 is 11.8 Å². The number of rotatable bonds is 15. The molecule has 22 atom stereocenters. The number of fused-ring (bicyclic) bond motifs is 10. The second kappa shape index (κ2) is 19.5. The second-order valence-electron chi connectivity index (χ2n) is 25.5. The summed E-state index contributed by atoms with van der Waals surface area (Å²) in [6, 6.07) is 0. The van der Waals surface area contributed by atoms with E-state index in [1.54, 1.807) is 0 Å². The molecule has 0 aromatic heterocycles. The molecule has 0 heterocycles. The van der Waals surface area contributed by atoms with Gasteiger partial charge in [-0.1, -0.05) is 54.9 Å². The molecular weight excluding hydrogens is 817 g/mol. The minimum absolute atomic E-state index is 0.0500. The van der Waals surface area contributed by atoms with Crippen molar-refractivity contribution < 1.29 is 40.2 Å². The highest BCUT2D eigenvalue weighted by molar-refractivity contribution is 5.76. The summed E-state index contributed by atoms with van der Waals surface area (Å²) in [6.45, 7) is 17.9. The van der Waals surface area contributed by atoms with Gasteiger partial charge < -0.3 is 40.9 Å². The van der Waals surface area contributed by atoms with Crippen molar-refractivity contribution in [1.82, 2.24) is 10.2 Å². The zero-order valence-electron chi connectivity index (χ0n) is 41.8. The van der Waals surface area contributed by atoms with Crippen molar-refractivity contribution in [3.63, 3.8) is 0 Å². The number of aliphatic hydroxyl groups is 6. The van der Waals surface area contributed by atoms with Gasteiger partial charge in [0.05, 0.1) is 36.6 Å². The van der Waals surface area contributed by atoms with Crippen LogP contribution in [0.25, 0.3) is 0 Å². The Kier molecular flexibility index (Phi) is 15.0. The van der Waals surface area contributed by atoms with Crippen LogP contribution in [-0.4, -0.2) is 104 Å². The molecule has 0 aromatic rings. The fourth-order valence-corrected chi connectivity index (χ4v) is 18.8. The molecule has 2 amide bonds. The predicted octanol–water partition coefficient (Wildman–Crippen LogP) is 7.88. The molecule has 0 aliphatic heterocycles. The quantitative estimate of drug-likeness (QED) is 0.0815. The third kappa shape index (κ3) is 8.84. The maximum atomic E-state index is 13.9. The van der Waals surface area contributed by atoms with Gasteiger partial charge in [-0.15, -0.1) is 0 Å². The van der Waals surface area contributed by atoms with Crippen molar-refractivity contribution in [3.8, 4) is 0 Å². The fraction of sp³-hybridized carbons (Fsp3) is 0.964. The summed E-state index contributed by atoms with van der Waals surface area (Å²) in [6.07, 6.45) is 15.2. The Bertz CT molecular complexity index is 1660. The molecule has 0 aromatic carbocycles. The Morgan fingerprint density at radius 3 is 1.54 bits per heavy atom. The minimum atomic E-state index is -0.429. The smallest absolute Gasteiger partial charge is 0.222 e. The lowest BCUT2D eigenvalue weighted by molar-refractivity contribution is -0.207. The highest BCUT2D eigenvalue weighted by Crippen LogP contribution is 2.70. The molecule has 8 aliphatic carbocycles. The standard InChI is InChI=1S/C55H94N2O8/c1-8-9-24-57(49(65)18-12-33(3)39-14-16-41-51-43(31-47(63)55(39,41)7)53(5)22-20-37(59)27-35(53)29-45(51)61)25-10-23-56-48(64)17-11-32(2)38-13-15-40-50-42(30-46(62)54(38,40)6)52(4)21-19-36(58)26-34(52)28-44(50)60/h32-47,50-51,58-63H,8-31H2,1-7H3,(H,56,64)/t32?,33?,34?,35?,36-,37-,38?,39?,40?,41?,42?,43?,44-,45-,46+,47+,50?,51?,52-,53-,54+,55+/m0/s1. The lowest BCUT2D eigenvalue weighted by atomic mass is 9.43. The summed E-state index contributed by atoms with van der Waals surface area (Å²) in [4.78, 5) is 29.2. The third-order valence-electron chi connectivity index (χ3n) is 22.7. The van der Waals surface area contributed by atoms with Gasteiger partial charge in [-0.2, -0.15) is 0 Å². The van der Waals surface area contributed by atoms with E-state index in [0.29, 0.717) is 56.0 Å². The van der Waals surface area contributed by atoms with E-state index in [1.165, 1.54) is 0 Å². The van der Waals surface area contributed by atoms with Gasteiger partial charge >= 0.3 is 0 Å². The molecule has 0 radical (unpaired) electrons. The summed E-state index contributed by atoms with van der Waals surface area (Å²) in [5.41, 5.74) is -0.438. The van der Waals surface area contributed by atoms with Crippen LogP contribution in [-0.2, 0) is 9.59 Å². The van der Waals surface area contributed by atoms with Crippen LogP contribution in [0, 0.1) is 92.7 Å². The SMILES string of the molecule is CCCCN(CCCNC(=O)CCC(C)C1CCC2C3C(C[C@@H](O)[C@]12C)[C@@]1(C)CC[C@H](O)CC1C[C@@H]3O)C(=O)CCC(C)C1CCC2C3C(C[C@@H](O)[C@]12C)[C@@]1(C)CC[C@H](O)CC1C[C@@H]3O. The first-order chi connectivity index (χ1) is 30.8. The molecule has 12 unspecified atom stereocenters. The molecule has 0 bridgehead atoms. The van der Waals surface area contributed by atoms with Crippen LogP contribution in [0.2, 0.25) is 0 Å². The molecule has 8 saturated carbocycles. The number of hydrogen-bond donors (Lipinski definition) is 7. The lowest BCUT2D eigenvalue weighted by Gasteiger charge is -2.63. The van der Waals surface area contributed by atoms with E-state index in [1.807, 2.05) is 4.90 Å². The van der Waals surface area contributed by atoms with E-state index in [2.05, 4.69) is 53.8 Å². The summed E-state index contributed by atoms with van der Waals surface area (Å²) in [7, 11) is 0. The summed E-state index contributed by atoms with van der Waals surface area (Å²) >= 11 is 0. The number of carbonyl (C=O) groups excluding carboxylic acids is 2. The Morgan fingerprint density at radius 2 is 1.06 bits per heavy atom. The van der Waals surface area contributed by atoms with E-state index in [-0.39, 0.29) is 105 Å². The van der Waals surface area contributed by atoms with Gasteiger partial charge in [0.2, 0.25) is 11.8 Å². The van der Waals surface area contributed by atoms with Gasteiger partial charge in [0.15, 0.2) is 0 Å². The number of nitrogens with zero attached hydrogens (tertiary/aromatic N) is 1. The molecule has 0 spiro atoms. The van der Waals surface area contributed by atoms with Crippen molar-refractivity contribution in [3.05, 3.63) is 0 Å². The topological polar surface area (TPSA) is 171 Å². The van der Waals surface area contributed by atoms with E-state index in [0.717, 1.165) is 122 Å². The molecule has 8 aliphatic rings. The largest absolute Gasteiger partial charge is 0.393 e. The van der Waals surface area contributed by atoms with Gasteiger partial charge in [0, 0.05) is 32.5 Å². The first-order valence-electron chi connectivity index (χ1n) is 27.4. The second-order valence-corrected chi connectivity index (χ2v) is 25.5. The van der Waals surface area contributed by atoms with E-state index in [4.69, 9.17) is 0 Å². The molecule has 8 rings (SSSR count). The van der Waals surface area contributed by atoms with Crippen molar-refractivity contribution in [1.29, 1.82) is 0 Å². The molecule has 10 heteroatoms. The van der Waals surface area contributed by atoms with E-state index >= 15 is 0 Å². The Labute approximate surface area is 393 Å². The van der Waals surface area contributed by atoms with Crippen molar-refractivity contribution in [2.24, 2.45) is 92.7 Å². The number of nitrogens with one attached hydrogen (secondary N) is 1. The van der Waals surface area contributed by atoms with Crippen molar-refractivity contribution in [2.45, 2.75) is 220 Å². The Hall–Kier alpha value is -1.30. The maximum absolute atomic E-state index is 13.9. The zero-order chi connectivity index (χ0) is 46.8. The normalized spacial score (nSPS) is 48.7. The van der Waals surface area contributed by atoms with Crippen LogP contribution in [0.5, 0.6) is 0 Å². The monoisotopic (exact) mass is 911 g/mol. The molecule has 10 nitrogen and oxygen atoms in total. The van der Waals surface area contributed by atoms with E-state index in [9.17, 15) is 40.2 Å². The molecule has 0 saturated heterocycles. The van der Waals surface area contributed by atoms with Crippen LogP contribution < -0.4 is 5.32 Å². The first-order valence-corrected chi connectivity index (χ1v) is 27.4. The number of hydrogen-bond acceptors (Lipinski definition) is 8. The molecule has 65 heavy (non-hydrogen) atoms. The molecule has 372 valence electrons. The highest BCUT2D eigenvalue weighted by atomic mass is 16.3. The Balaban J connectivity index is 0.791. The van der Waals surface area contributed by atoms with Crippen molar-refractivity contribution in [2.75, 3.05) is 19.6 Å². The Morgan fingerprint density at radius 1 is 0.600 bits per heavy atom. The van der Waals surface area contributed by atoms with Crippen LogP contribution in [0.4, 0.5) is 0 Å². The van der Waals surface area contributed by atoms with Gasteiger partial charge in [-0.3, -0.25) is 9.59 Å². The fourth-order valence-electron chi connectivity index (χ4n) is 18.8. The summed E-state index contributed by atoms with van der Waals surface area (Å²) in [5.74, 6) is 3.49. The average Bonchev–Trinajstić information content (AvgIpc) is 3.82. The predicted molar refractivity (Wildman–Crippen MR) is 254 cm³/mol. The number of unbranched alkanes of at least 4 members (excludes halogenated alkanes) is 1. The average molecular weight is 911 g/mol. The summed E-state index contributed by atoms with van der Waals surface area (Å²) < 4.78 is 0.